The van der Waals surface area contributed by atoms with Crippen LogP contribution in [0.3, 0.4) is 0 Å². The zero-order chi connectivity index (χ0) is 21.3. The topological polar surface area (TPSA) is 72.8 Å². The van der Waals surface area contributed by atoms with E-state index in [1.54, 1.807) is 0 Å². The van der Waals surface area contributed by atoms with E-state index in [0.717, 1.165) is 38.5 Å². The Labute approximate surface area is 175 Å². The normalized spacial score (nSPS) is 10.7. The van der Waals surface area contributed by atoms with Crippen molar-refractivity contribution in [3.05, 3.63) is 29.3 Å². The molecule has 29 heavy (non-hydrogen) atoms. The SMILES string of the molecule is CCCCCCCCOC(=O)c1cc(O)cc(C(=O)OCCCCCCCC)c1. The summed E-state index contributed by atoms with van der Waals surface area (Å²) in [7, 11) is 0. The first-order chi connectivity index (χ1) is 14.1. The van der Waals surface area contributed by atoms with Crippen molar-refractivity contribution in [3.63, 3.8) is 0 Å². The third-order valence-electron chi connectivity index (χ3n) is 4.85. The number of benzene rings is 1. The van der Waals surface area contributed by atoms with Crippen molar-refractivity contribution in [1.29, 1.82) is 0 Å². The molecule has 0 aliphatic rings. The maximum Gasteiger partial charge on any atom is 0.338 e. The van der Waals surface area contributed by atoms with Crippen molar-refractivity contribution < 1.29 is 24.2 Å². The smallest absolute Gasteiger partial charge is 0.338 e. The summed E-state index contributed by atoms with van der Waals surface area (Å²) >= 11 is 0. The molecule has 5 heteroatoms. The van der Waals surface area contributed by atoms with Gasteiger partial charge in [0.25, 0.3) is 0 Å². The first-order valence-corrected chi connectivity index (χ1v) is 11.3. The Hall–Kier alpha value is -2.04. The van der Waals surface area contributed by atoms with E-state index >= 15 is 0 Å². The van der Waals surface area contributed by atoms with E-state index in [0.29, 0.717) is 13.2 Å². The Morgan fingerprint density at radius 2 is 1.03 bits per heavy atom. The molecule has 0 spiro atoms. The van der Waals surface area contributed by atoms with Gasteiger partial charge in [-0.15, -0.1) is 0 Å². The second-order valence-electron chi connectivity index (χ2n) is 7.58. The molecule has 1 aromatic rings. The van der Waals surface area contributed by atoms with Gasteiger partial charge in [-0.2, -0.15) is 0 Å². The molecule has 0 aliphatic carbocycles. The van der Waals surface area contributed by atoms with E-state index in [1.807, 2.05) is 0 Å². The molecule has 0 saturated heterocycles. The number of unbranched alkanes of at least 4 members (excludes halogenated alkanes) is 10. The number of ether oxygens (including phenoxy) is 2. The number of phenolic OH excluding ortho intramolecular Hbond substituents is 1. The third-order valence-corrected chi connectivity index (χ3v) is 4.85. The standard InChI is InChI=1S/C24H38O5/c1-3-5-7-9-11-13-15-28-23(26)20-17-21(19-22(25)18-20)24(27)29-16-14-12-10-8-6-4-2/h17-19,25H,3-16H2,1-2H3. The lowest BCUT2D eigenvalue weighted by atomic mass is 10.1. The minimum absolute atomic E-state index is 0.148. The monoisotopic (exact) mass is 406 g/mol. The maximum atomic E-state index is 12.2. The highest BCUT2D eigenvalue weighted by Crippen LogP contribution is 2.18. The van der Waals surface area contributed by atoms with Gasteiger partial charge in [0, 0.05) is 0 Å². The first kappa shape index (κ1) is 25.0. The lowest BCUT2D eigenvalue weighted by Gasteiger charge is -2.08. The van der Waals surface area contributed by atoms with Crippen molar-refractivity contribution in [2.24, 2.45) is 0 Å². The zero-order valence-corrected chi connectivity index (χ0v) is 18.2. The summed E-state index contributed by atoms with van der Waals surface area (Å²) in [5.41, 5.74) is 0.338. The van der Waals surface area contributed by atoms with E-state index < -0.39 is 11.9 Å². The van der Waals surface area contributed by atoms with Gasteiger partial charge in [-0.3, -0.25) is 0 Å². The first-order valence-electron chi connectivity index (χ1n) is 11.3. The Kier molecular flexibility index (Phi) is 13.6. The van der Waals surface area contributed by atoms with Crippen molar-refractivity contribution in [1.82, 2.24) is 0 Å². The van der Waals surface area contributed by atoms with Gasteiger partial charge in [-0.25, -0.2) is 9.59 Å². The minimum atomic E-state index is -0.528. The number of carbonyl (C=O) groups is 2. The highest BCUT2D eigenvalue weighted by Gasteiger charge is 2.15. The van der Waals surface area contributed by atoms with Gasteiger partial charge in [0.05, 0.1) is 24.3 Å². The maximum absolute atomic E-state index is 12.2. The van der Waals surface area contributed by atoms with Gasteiger partial charge in [0.1, 0.15) is 5.75 Å². The molecule has 0 heterocycles. The van der Waals surface area contributed by atoms with E-state index in [2.05, 4.69) is 13.8 Å². The molecule has 0 bridgehead atoms. The summed E-state index contributed by atoms with van der Waals surface area (Å²) in [6, 6.07) is 4.05. The fourth-order valence-corrected chi connectivity index (χ4v) is 3.11. The average molecular weight is 407 g/mol. The van der Waals surface area contributed by atoms with E-state index in [9.17, 15) is 14.7 Å². The van der Waals surface area contributed by atoms with Crippen LogP contribution in [0.25, 0.3) is 0 Å². The summed E-state index contributed by atoms with van der Waals surface area (Å²) < 4.78 is 10.5. The number of phenols is 1. The van der Waals surface area contributed by atoms with Crippen LogP contribution >= 0.6 is 0 Å². The molecule has 1 aromatic carbocycles. The van der Waals surface area contributed by atoms with E-state index in [-0.39, 0.29) is 16.9 Å². The van der Waals surface area contributed by atoms with Crippen molar-refractivity contribution in [3.8, 4) is 5.75 Å². The van der Waals surface area contributed by atoms with Gasteiger partial charge in [0.15, 0.2) is 0 Å². The van der Waals surface area contributed by atoms with Gasteiger partial charge in [-0.1, -0.05) is 78.1 Å². The summed E-state index contributed by atoms with van der Waals surface area (Å²) in [6.45, 7) is 5.04. The van der Waals surface area contributed by atoms with Crippen LogP contribution in [-0.4, -0.2) is 30.3 Å². The fraction of sp³-hybridized carbons (Fsp3) is 0.667. The largest absolute Gasteiger partial charge is 0.508 e. The quantitative estimate of drug-likeness (QED) is 0.253. The van der Waals surface area contributed by atoms with Crippen LogP contribution in [0, 0.1) is 0 Å². The Balaban J connectivity index is 2.38. The second kappa shape index (κ2) is 15.8. The molecule has 0 unspecified atom stereocenters. The highest BCUT2D eigenvalue weighted by molar-refractivity contribution is 5.96. The fourth-order valence-electron chi connectivity index (χ4n) is 3.11. The number of hydrogen-bond acceptors (Lipinski definition) is 5. The lowest BCUT2D eigenvalue weighted by Crippen LogP contribution is -2.10. The molecular formula is C24H38O5. The Morgan fingerprint density at radius 1 is 0.655 bits per heavy atom. The molecular weight excluding hydrogens is 368 g/mol. The van der Waals surface area contributed by atoms with E-state index in [1.165, 1.54) is 56.7 Å². The number of carbonyl (C=O) groups excluding carboxylic acids is 2. The number of hydrogen-bond donors (Lipinski definition) is 1. The molecule has 0 radical (unpaired) electrons. The van der Waals surface area contributed by atoms with Crippen molar-refractivity contribution in [2.75, 3.05) is 13.2 Å². The predicted molar refractivity (Wildman–Crippen MR) is 115 cm³/mol. The number of esters is 2. The van der Waals surface area contributed by atoms with Crippen LogP contribution in [0.1, 0.15) is 112 Å². The molecule has 1 rings (SSSR count). The summed E-state index contributed by atoms with van der Waals surface area (Å²) in [5.74, 6) is -1.20. The van der Waals surface area contributed by atoms with Gasteiger partial charge < -0.3 is 14.6 Å². The van der Waals surface area contributed by atoms with Gasteiger partial charge in [-0.05, 0) is 31.0 Å². The molecule has 0 atom stereocenters. The van der Waals surface area contributed by atoms with Crippen LogP contribution < -0.4 is 0 Å². The highest BCUT2D eigenvalue weighted by atomic mass is 16.5. The van der Waals surface area contributed by atoms with Crippen molar-refractivity contribution >= 4 is 11.9 Å². The van der Waals surface area contributed by atoms with Crippen LogP contribution in [0.2, 0.25) is 0 Å². The van der Waals surface area contributed by atoms with E-state index in [4.69, 9.17) is 9.47 Å². The summed E-state index contributed by atoms with van der Waals surface area (Å²) in [5, 5.41) is 9.86. The summed E-state index contributed by atoms with van der Waals surface area (Å²) in [6.07, 6.45) is 13.3. The lowest BCUT2D eigenvalue weighted by molar-refractivity contribution is 0.0495. The molecule has 0 aliphatic heterocycles. The second-order valence-corrected chi connectivity index (χ2v) is 7.58. The molecule has 164 valence electrons. The van der Waals surface area contributed by atoms with Gasteiger partial charge in [0.2, 0.25) is 0 Å². The summed E-state index contributed by atoms with van der Waals surface area (Å²) in [4.78, 5) is 24.4. The Morgan fingerprint density at radius 3 is 1.45 bits per heavy atom. The van der Waals surface area contributed by atoms with Gasteiger partial charge >= 0.3 is 11.9 Å². The molecule has 5 nitrogen and oxygen atoms in total. The molecule has 0 fully saturated rings. The third kappa shape index (κ3) is 11.5. The van der Waals surface area contributed by atoms with Crippen molar-refractivity contribution in [2.45, 2.75) is 90.9 Å². The average Bonchev–Trinajstić information content (AvgIpc) is 2.71. The number of rotatable bonds is 16. The van der Waals surface area contributed by atoms with Crippen LogP contribution in [0.4, 0.5) is 0 Å². The molecule has 0 saturated carbocycles. The van der Waals surface area contributed by atoms with Crippen LogP contribution in [-0.2, 0) is 9.47 Å². The number of aromatic hydroxyl groups is 1. The Bertz CT molecular complexity index is 549. The molecule has 1 N–H and O–H groups in total. The van der Waals surface area contributed by atoms with Crippen LogP contribution in [0.5, 0.6) is 5.75 Å². The van der Waals surface area contributed by atoms with Crippen LogP contribution in [0.15, 0.2) is 18.2 Å². The predicted octanol–water partition coefficient (Wildman–Crippen LogP) is 6.43. The molecule has 0 amide bonds. The molecule has 0 aromatic heterocycles. The minimum Gasteiger partial charge on any atom is -0.508 e. The zero-order valence-electron chi connectivity index (χ0n) is 18.2.